The molecule has 0 spiro atoms. The average Bonchev–Trinajstić information content (AvgIpc) is 3.17. The molecule has 0 heterocycles. The second-order valence-electron chi connectivity index (χ2n) is 14.0. The van der Waals surface area contributed by atoms with Crippen LogP contribution < -0.4 is 0 Å². The number of esters is 2. The van der Waals surface area contributed by atoms with Gasteiger partial charge in [-0.15, -0.1) is 0 Å². The number of ether oxygens (including phenoxy) is 2. The Morgan fingerprint density at radius 2 is 1.00 bits per heavy atom. The van der Waals surface area contributed by atoms with E-state index in [0.29, 0.717) is 12.8 Å². The van der Waals surface area contributed by atoms with E-state index in [-0.39, 0.29) is 19.4 Å². The number of carbonyl (C=O) groups is 2. The van der Waals surface area contributed by atoms with Gasteiger partial charge in [-0.3, -0.25) is 18.6 Å². The number of phosphoric ester groups is 1. The molecule has 0 aromatic carbocycles. The average molecular weight is 797 g/mol. The number of hydrogen-bond acceptors (Lipinski definition) is 9. The van der Waals surface area contributed by atoms with E-state index in [1.54, 1.807) is 0 Å². The van der Waals surface area contributed by atoms with Gasteiger partial charge in [-0.1, -0.05) is 139 Å². The fourth-order valence-electron chi connectivity index (χ4n) is 5.34. The van der Waals surface area contributed by atoms with Crippen LogP contribution >= 0.6 is 7.82 Å². The number of hydrogen-bond donors (Lipinski definition) is 3. The largest absolute Gasteiger partial charge is 0.472 e. The van der Waals surface area contributed by atoms with Gasteiger partial charge in [0.25, 0.3) is 0 Å². The molecule has 10 nitrogen and oxygen atoms in total. The summed E-state index contributed by atoms with van der Waals surface area (Å²) in [5.74, 6) is -0.972. The second kappa shape index (κ2) is 39.9. The molecule has 3 atom stereocenters. The lowest BCUT2D eigenvalue weighted by atomic mass is 10.1. The highest BCUT2D eigenvalue weighted by molar-refractivity contribution is 7.47. The fraction of sp³-hybridized carbons (Fsp3) is 0.727. The van der Waals surface area contributed by atoms with Gasteiger partial charge in [-0.05, 0) is 77.0 Å². The van der Waals surface area contributed by atoms with Crippen molar-refractivity contribution in [3.05, 3.63) is 60.8 Å². The van der Waals surface area contributed by atoms with Gasteiger partial charge in [0.1, 0.15) is 12.7 Å². The second-order valence-corrected chi connectivity index (χ2v) is 15.5. The Morgan fingerprint density at radius 1 is 0.564 bits per heavy atom. The zero-order chi connectivity index (χ0) is 40.5. The molecule has 11 heteroatoms. The van der Waals surface area contributed by atoms with Crippen LogP contribution in [0.4, 0.5) is 0 Å². The van der Waals surface area contributed by atoms with Gasteiger partial charge in [-0.25, -0.2) is 4.57 Å². The van der Waals surface area contributed by atoms with E-state index in [1.165, 1.54) is 51.4 Å². The molecule has 0 saturated heterocycles. The summed E-state index contributed by atoms with van der Waals surface area (Å²) in [4.78, 5) is 34.9. The third-order valence-electron chi connectivity index (χ3n) is 8.67. The Bertz CT molecular complexity index is 1100. The molecule has 0 aromatic rings. The molecule has 0 amide bonds. The SMILES string of the molecule is CCCCC/C=C/C/C=C/C/C=C/CCCCCCC(=O)OC[C@H](COP(=O)(O)OC[C@@H](O)CO)OC(=O)CCCCCCC/C=C/C=C/CCCCCC. The van der Waals surface area contributed by atoms with Crippen molar-refractivity contribution >= 4 is 19.8 Å². The molecule has 3 N–H and O–H groups in total. The molecule has 0 radical (unpaired) electrons. The highest BCUT2D eigenvalue weighted by Crippen LogP contribution is 2.43. The summed E-state index contributed by atoms with van der Waals surface area (Å²) >= 11 is 0. The van der Waals surface area contributed by atoms with Gasteiger partial charge in [0, 0.05) is 12.8 Å². The fourth-order valence-corrected chi connectivity index (χ4v) is 6.13. The highest BCUT2D eigenvalue weighted by Gasteiger charge is 2.27. The number of aliphatic hydroxyl groups is 2. The van der Waals surface area contributed by atoms with Gasteiger partial charge < -0.3 is 24.6 Å². The normalized spacial score (nSPS) is 14.5. The van der Waals surface area contributed by atoms with Crippen molar-refractivity contribution in [2.75, 3.05) is 26.4 Å². The molecule has 1 unspecified atom stereocenters. The summed E-state index contributed by atoms with van der Waals surface area (Å²) in [5.41, 5.74) is 0. The lowest BCUT2D eigenvalue weighted by Crippen LogP contribution is -2.29. The molecule has 0 rings (SSSR count). The molecule has 0 aromatic heterocycles. The first-order valence-corrected chi connectivity index (χ1v) is 22.8. The monoisotopic (exact) mass is 797 g/mol. The number of unbranched alkanes of at least 4 members (excludes halogenated alkanes) is 16. The lowest BCUT2D eigenvalue weighted by molar-refractivity contribution is -0.161. The first-order valence-electron chi connectivity index (χ1n) is 21.3. The van der Waals surface area contributed by atoms with Gasteiger partial charge >= 0.3 is 19.8 Å². The molecule has 0 aliphatic rings. The summed E-state index contributed by atoms with van der Waals surface area (Å²) < 4.78 is 32.6. The standard InChI is InChI=1S/C44H77O10P/c1-3-5-7-9-11-13-15-17-19-20-22-23-25-27-29-31-33-35-43(47)51-39-42(40-53-55(49,50)52-38-41(46)37-45)54-44(48)36-34-32-30-28-26-24-21-18-16-14-12-10-8-6-4-2/h11,13-14,16-19,21-23,41-42,45-46H,3-10,12,15,20,24-40H2,1-2H3,(H,49,50)/b13-11+,16-14+,19-17+,21-18+,23-22+/t41-,42+/m0/s1. The zero-order valence-electron chi connectivity index (χ0n) is 34.4. The topological polar surface area (TPSA) is 149 Å². The van der Waals surface area contributed by atoms with Crippen LogP contribution in [0.1, 0.15) is 168 Å². The Morgan fingerprint density at radius 3 is 1.56 bits per heavy atom. The van der Waals surface area contributed by atoms with Gasteiger partial charge in [0.2, 0.25) is 0 Å². The number of aliphatic hydroxyl groups excluding tert-OH is 2. The molecular weight excluding hydrogens is 719 g/mol. The van der Waals surface area contributed by atoms with Crippen LogP contribution in [0.2, 0.25) is 0 Å². The van der Waals surface area contributed by atoms with Gasteiger partial charge in [0.15, 0.2) is 6.10 Å². The van der Waals surface area contributed by atoms with Crippen LogP contribution in [0, 0.1) is 0 Å². The quantitative estimate of drug-likeness (QED) is 0.0180. The van der Waals surface area contributed by atoms with E-state index in [0.717, 1.165) is 77.0 Å². The molecule has 0 saturated carbocycles. The summed E-state index contributed by atoms with van der Waals surface area (Å²) in [7, 11) is -4.63. The van der Waals surface area contributed by atoms with Crippen molar-refractivity contribution < 1.29 is 47.8 Å². The summed E-state index contributed by atoms with van der Waals surface area (Å²) in [5, 5.41) is 18.3. The van der Waals surface area contributed by atoms with Crippen LogP contribution in [0.15, 0.2) is 60.8 Å². The zero-order valence-corrected chi connectivity index (χ0v) is 35.3. The molecule has 0 fully saturated rings. The minimum atomic E-state index is -4.63. The molecule has 318 valence electrons. The van der Waals surface area contributed by atoms with Crippen molar-refractivity contribution in [2.24, 2.45) is 0 Å². The number of allylic oxidation sites excluding steroid dienone is 10. The third-order valence-corrected chi connectivity index (χ3v) is 9.62. The minimum absolute atomic E-state index is 0.159. The Labute approximate surface area is 334 Å². The van der Waals surface area contributed by atoms with Crippen molar-refractivity contribution in [1.82, 2.24) is 0 Å². The summed E-state index contributed by atoms with van der Waals surface area (Å²) in [6.45, 7) is 2.27. The molecule has 0 aliphatic heterocycles. The number of phosphoric acid groups is 1. The van der Waals surface area contributed by atoms with Crippen molar-refractivity contribution in [3.63, 3.8) is 0 Å². The van der Waals surface area contributed by atoms with E-state index in [9.17, 15) is 24.2 Å². The number of carbonyl (C=O) groups excluding carboxylic acids is 2. The maximum absolute atomic E-state index is 12.6. The summed E-state index contributed by atoms with van der Waals surface area (Å²) in [6, 6.07) is 0. The molecule has 0 aliphatic carbocycles. The minimum Gasteiger partial charge on any atom is -0.462 e. The first-order chi connectivity index (χ1) is 26.7. The van der Waals surface area contributed by atoms with Crippen LogP contribution in [0.25, 0.3) is 0 Å². The van der Waals surface area contributed by atoms with E-state index >= 15 is 0 Å². The smallest absolute Gasteiger partial charge is 0.462 e. The van der Waals surface area contributed by atoms with Crippen LogP contribution in [-0.2, 0) is 32.7 Å². The van der Waals surface area contributed by atoms with Crippen molar-refractivity contribution in [1.29, 1.82) is 0 Å². The van der Waals surface area contributed by atoms with E-state index in [4.69, 9.17) is 19.1 Å². The van der Waals surface area contributed by atoms with Crippen LogP contribution in [0.5, 0.6) is 0 Å². The van der Waals surface area contributed by atoms with Crippen molar-refractivity contribution in [2.45, 2.75) is 180 Å². The maximum atomic E-state index is 12.6. The van der Waals surface area contributed by atoms with Gasteiger partial charge in [-0.2, -0.15) is 0 Å². The molecule has 0 bridgehead atoms. The van der Waals surface area contributed by atoms with E-state index < -0.39 is 51.8 Å². The predicted octanol–water partition coefficient (Wildman–Crippen LogP) is 11.1. The summed E-state index contributed by atoms with van der Waals surface area (Å²) in [6.07, 6.45) is 43.2. The molecule has 55 heavy (non-hydrogen) atoms. The van der Waals surface area contributed by atoms with Crippen LogP contribution in [-0.4, -0.2) is 65.7 Å². The predicted molar refractivity (Wildman–Crippen MR) is 224 cm³/mol. The Hall–Kier alpha value is -2.33. The lowest BCUT2D eigenvalue weighted by Gasteiger charge is -2.20. The maximum Gasteiger partial charge on any atom is 0.472 e. The highest BCUT2D eigenvalue weighted by atomic mass is 31.2. The van der Waals surface area contributed by atoms with Crippen LogP contribution in [0.3, 0.4) is 0 Å². The molecular formula is C44H77O10P. The van der Waals surface area contributed by atoms with Gasteiger partial charge in [0.05, 0.1) is 19.8 Å². The van der Waals surface area contributed by atoms with E-state index in [2.05, 4.69) is 79.1 Å². The number of rotatable bonds is 39. The van der Waals surface area contributed by atoms with E-state index in [1.807, 2.05) is 0 Å². The first kappa shape index (κ1) is 52.7. The third kappa shape index (κ3) is 39.7. The Kier molecular flexibility index (Phi) is 38.2. The Balaban J connectivity index is 4.39. The van der Waals surface area contributed by atoms with Crippen molar-refractivity contribution in [3.8, 4) is 0 Å².